The summed E-state index contributed by atoms with van der Waals surface area (Å²) >= 11 is 5.83. The number of rotatable bonds is 4. The van der Waals surface area contributed by atoms with Crippen molar-refractivity contribution in [2.45, 2.75) is 20.0 Å². The molecule has 1 rings (SSSR count). The summed E-state index contributed by atoms with van der Waals surface area (Å²) in [6, 6.07) is 5.23. The van der Waals surface area contributed by atoms with Gasteiger partial charge in [-0.15, -0.1) is 5.06 Å². The summed E-state index contributed by atoms with van der Waals surface area (Å²) in [5, 5.41) is 1.97. The zero-order valence-electron chi connectivity index (χ0n) is 10.4. The van der Waals surface area contributed by atoms with Gasteiger partial charge in [-0.2, -0.15) is 0 Å². The van der Waals surface area contributed by atoms with E-state index in [2.05, 4.69) is 0 Å². The first kappa shape index (κ1) is 13.8. The van der Waals surface area contributed by atoms with Crippen LogP contribution in [0.3, 0.4) is 0 Å². The summed E-state index contributed by atoms with van der Waals surface area (Å²) in [6.07, 6.45) is -0.669. The van der Waals surface area contributed by atoms with Gasteiger partial charge in [-0.05, 0) is 37.6 Å². The predicted molar refractivity (Wildman–Crippen MR) is 66.1 cm³/mol. The lowest BCUT2D eigenvalue weighted by molar-refractivity contribution is -0.185. The van der Waals surface area contributed by atoms with Crippen LogP contribution in [0, 0.1) is 6.92 Å². The zero-order chi connectivity index (χ0) is 13.0. The number of halogens is 1. The third-order valence-electron chi connectivity index (χ3n) is 2.05. The molecule has 0 fully saturated rings. The molecule has 5 heteroatoms. The molecule has 94 valence electrons. The van der Waals surface area contributed by atoms with Crippen molar-refractivity contribution < 1.29 is 14.4 Å². The number of hydroxylamine groups is 2. The molecule has 0 aliphatic rings. The summed E-state index contributed by atoms with van der Waals surface area (Å²) in [7, 11) is 3.27. The van der Waals surface area contributed by atoms with Gasteiger partial charge in [0.2, 0.25) is 0 Å². The molecule has 1 aromatic rings. The molecule has 1 atom stereocenters. The Bertz CT molecular complexity index is 407. The van der Waals surface area contributed by atoms with Crippen LogP contribution in [0.2, 0.25) is 5.02 Å². The van der Waals surface area contributed by atoms with Gasteiger partial charge in [-0.1, -0.05) is 11.6 Å². The Balaban J connectivity index is 2.67. The second-order valence-corrected chi connectivity index (χ2v) is 4.33. The molecule has 0 N–H and O–H groups in total. The highest BCUT2D eigenvalue weighted by molar-refractivity contribution is 6.30. The number of hydrogen-bond acceptors (Lipinski definition) is 4. The molecule has 0 saturated carbocycles. The Kier molecular flexibility index (Phi) is 4.78. The molecule has 0 amide bonds. The second kappa shape index (κ2) is 5.89. The molecular formula is C12H16ClNO3. The lowest BCUT2D eigenvalue weighted by atomic mass is 10.2. The van der Waals surface area contributed by atoms with Crippen molar-refractivity contribution in [2.24, 2.45) is 0 Å². The Morgan fingerprint density at radius 3 is 2.59 bits per heavy atom. The maximum absolute atomic E-state index is 11.5. The first-order chi connectivity index (χ1) is 7.90. The fourth-order valence-corrected chi connectivity index (χ4v) is 1.46. The lowest BCUT2D eigenvalue weighted by Crippen LogP contribution is -2.31. The van der Waals surface area contributed by atoms with Crippen molar-refractivity contribution in [3.8, 4) is 5.75 Å². The average molecular weight is 258 g/mol. The van der Waals surface area contributed by atoms with Crippen molar-refractivity contribution >= 4 is 17.6 Å². The number of hydrogen-bond donors (Lipinski definition) is 0. The molecular weight excluding hydrogens is 242 g/mol. The third-order valence-corrected chi connectivity index (χ3v) is 2.28. The summed E-state index contributed by atoms with van der Waals surface area (Å²) in [5.74, 6) is 0.182. The highest BCUT2D eigenvalue weighted by atomic mass is 35.5. The predicted octanol–water partition coefficient (Wildman–Crippen LogP) is 2.44. The van der Waals surface area contributed by atoms with Crippen LogP contribution in [0.5, 0.6) is 5.75 Å². The minimum Gasteiger partial charge on any atom is -0.479 e. The van der Waals surface area contributed by atoms with Crippen LogP contribution in [-0.4, -0.2) is 31.2 Å². The molecule has 0 saturated heterocycles. The Morgan fingerprint density at radius 1 is 1.41 bits per heavy atom. The fraction of sp³-hybridized carbons (Fsp3) is 0.417. The van der Waals surface area contributed by atoms with E-state index in [0.717, 1.165) is 5.56 Å². The average Bonchev–Trinajstić information content (AvgIpc) is 2.21. The molecule has 0 aromatic heterocycles. The largest absolute Gasteiger partial charge is 0.479 e. The standard InChI is InChI=1S/C12H16ClNO3/c1-8-7-10(13)5-6-11(8)16-9(2)12(15)17-14(3)4/h5-7,9H,1-4H3. The van der Waals surface area contributed by atoms with Gasteiger partial charge in [0.1, 0.15) is 5.75 Å². The molecule has 0 heterocycles. The van der Waals surface area contributed by atoms with Gasteiger partial charge >= 0.3 is 5.97 Å². The quantitative estimate of drug-likeness (QED) is 0.777. The van der Waals surface area contributed by atoms with Crippen molar-refractivity contribution in [1.82, 2.24) is 5.06 Å². The Morgan fingerprint density at radius 2 is 2.06 bits per heavy atom. The topological polar surface area (TPSA) is 38.8 Å². The second-order valence-electron chi connectivity index (χ2n) is 3.89. The number of benzene rings is 1. The maximum atomic E-state index is 11.5. The molecule has 17 heavy (non-hydrogen) atoms. The Hall–Kier alpha value is -1.26. The Labute approximate surface area is 106 Å². The van der Waals surface area contributed by atoms with E-state index in [9.17, 15) is 4.79 Å². The third kappa shape index (κ3) is 4.24. The monoisotopic (exact) mass is 257 g/mol. The van der Waals surface area contributed by atoms with E-state index in [1.165, 1.54) is 5.06 Å². The van der Waals surface area contributed by atoms with Crippen LogP contribution in [0.1, 0.15) is 12.5 Å². The normalized spacial score (nSPS) is 12.4. The van der Waals surface area contributed by atoms with Gasteiger partial charge in [-0.3, -0.25) is 0 Å². The number of carbonyl (C=O) groups excluding carboxylic acids is 1. The molecule has 0 aliphatic heterocycles. The SMILES string of the molecule is Cc1cc(Cl)ccc1OC(C)C(=O)ON(C)C. The number of aryl methyl sites for hydroxylation is 1. The summed E-state index contributed by atoms with van der Waals surface area (Å²) in [4.78, 5) is 16.4. The van der Waals surface area contributed by atoms with E-state index >= 15 is 0 Å². The molecule has 0 spiro atoms. The van der Waals surface area contributed by atoms with Crippen molar-refractivity contribution in [2.75, 3.05) is 14.1 Å². The van der Waals surface area contributed by atoms with Gasteiger partial charge in [0, 0.05) is 19.1 Å². The fourth-order valence-electron chi connectivity index (χ4n) is 1.24. The zero-order valence-corrected chi connectivity index (χ0v) is 11.1. The van der Waals surface area contributed by atoms with Gasteiger partial charge in [0.25, 0.3) is 0 Å². The van der Waals surface area contributed by atoms with Crippen molar-refractivity contribution in [1.29, 1.82) is 0 Å². The minimum atomic E-state index is -0.669. The molecule has 1 aromatic carbocycles. The van der Waals surface area contributed by atoms with E-state index < -0.39 is 12.1 Å². The molecule has 4 nitrogen and oxygen atoms in total. The highest BCUT2D eigenvalue weighted by Crippen LogP contribution is 2.22. The van der Waals surface area contributed by atoms with Crippen LogP contribution in [0.15, 0.2) is 18.2 Å². The first-order valence-corrected chi connectivity index (χ1v) is 5.60. The molecule has 1 unspecified atom stereocenters. The van der Waals surface area contributed by atoms with Gasteiger partial charge in [0.15, 0.2) is 6.10 Å². The van der Waals surface area contributed by atoms with Crippen LogP contribution in [0.25, 0.3) is 0 Å². The van der Waals surface area contributed by atoms with Crippen LogP contribution >= 0.6 is 11.6 Å². The number of ether oxygens (including phenoxy) is 1. The van der Waals surface area contributed by atoms with Crippen molar-refractivity contribution in [3.63, 3.8) is 0 Å². The number of nitrogens with zero attached hydrogens (tertiary/aromatic N) is 1. The van der Waals surface area contributed by atoms with Gasteiger partial charge < -0.3 is 9.57 Å². The molecule has 0 bridgehead atoms. The maximum Gasteiger partial charge on any atom is 0.365 e. The van der Waals surface area contributed by atoms with E-state index in [4.69, 9.17) is 21.2 Å². The van der Waals surface area contributed by atoms with E-state index in [1.54, 1.807) is 39.2 Å². The number of carbonyl (C=O) groups is 1. The molecule has 0 aliphatic carbocycles. The van der Waals surface area contributed by atoms with E-state index in [-0.39, 0.29) is 0 Å². The molecule has 0 radical (unpaired) electrons. The van der Waals surface area contributed by atoms with Crippen LogP contribution in [0.4, 0.5) is 0 Å². The summed E-state index contributed by atoms with van der Waals surface area (Å²) in [6.45, 7) is 3.51. The van der Waals surface area contributed by atoms with Crippen LogP contribution < -0.4 is 4.74 Å². The van der Waals surface area contributed by atoms with Crippen molar-refractivity contribution in [3.05, 3.63) is 28.8 Å². The highest BCUT2D eigenvalue weighted by Gasteiger charge is 2.18. The minimum absolute atomic E-state index is 0.440. The van der Waals surface area contributed by atoms with E-state index in [1.807, 2.05) is 6.92 Å². The van der Waals surface area contributed by atoms with Gasteiger partial charge in [-0.25, -0.2) is 4.79 Å². The van der Waals surface area contributed by atoms with Crippen LogP contribution in [-0.2, 0) is 9.63 Å². The van der Waals surface area contributed by atoms with E-state index in [0.29, 0.717) is 10.8 Å². The summed E-state index contributed by atoms with van der Waals surface area (Å²) in [5.41, 5.74) is 0.877. The smallest absolute Gasteiger partial charge is 0.365 e. The lowest BCUT2D eigenvalue weighted by Gasteiger charge is -2.17. The first-order valence-electron chi connectivity index (χ1n) is 5.22. The van der Waals surface area contributed by atoms with Gasteiger partial charge in [0.05, 0.1) is 0 Å². The summed E-state index contributed by atoms with van der Waals surface area (Å²) < 4.78 is 5.50.